The highest BCUT2D eigenvalue weighted by molar-refractivity contribution is 6.33. The lowest BCUT2D eigenvalue weighted by atomic mass is 10.1. The van der Waals surface area contributed by atoms with Gasteiger partial charge >= 0.3 is 0 Å². The predicted octanol–water partition coefficient (Wildman–Crippen LogP) is 2.34. The van der Waals surface area contributed by atoms with Gasteiger partial charge in [0, 0.05) is 38.3 Å². The molecule has 0 bridgehead atoms. The number of hydrogen-bond donors (Lipinski definition) is 2. The molecule has 2 N–H and O–H groups in total. The quantitative estimate of drug-likeness (QED) is 0.622. The van der Waals surface area contributed by atoms with Gasteiger partial charge in [0.15, 0.2) is 5.96 Å². The van der Waals surface area contributed by atoms with Gasteiger partial charge in [-0.2, -0.15) is 0 Å². The van der Waals surface area contributed by atoms with E-state index in [1.165, 1.54) is 0 Å². The molecule has 6 nitrogen and oxygen atoms in total. The van der Waals surface area contributed by atoms with Gasteiger partial charge in [0.1, 0.15) is 6.54 Å². The molecule has 1 heterocycles. The van der Waals surface area contributed by atoms with Crippen molar-refractivity contribution in [1.82, 2.24) is 15.5 Å². The highest BCUT2D eigenvalue weighted by Crippen LogP contribution is 2.25. The van der Waals surface area contributed by atoms with Crippen LogP contribution in [0, 0.1) is 0 Å². The Hall–Kier alpha value is -1.95. The summed E-state index contributed by atoms with van der Waals surface area (Å²) in [5.74, 6) is 0.720. The molecule has 0 spiro atoms. The highest BCUT2D eigenvalue weighted by atomic mass is 35.5. The molecule has 1 aromatic rings. The van der Waals surface area contributed by atoms with Crippen molar-refractivity contribution in [2.45, 2.75) is 33.2 Å². The molecule has 1 aromatic carbocycles. The van der Waals surface area contributed by atoms with E-state index in [2.05, 4.69) is 25.4 Å². The number of para-hydroxylation sites is 1. The Bertz CT molecular complexity index is 633. The van der Waals surface area contributed by atoms with Crippen LogP contribution in [0.25, 0.3) is 0 Å². The molecule has 1 fully saturated rings. The zero-order valence-corrected chi connectivity index (χ0v) is 16.9. The normalized spacial score (nSPS) is 15.8. The smallest absolute Gasteiger partial charge is 0.242 e. The van der Waals surface area contributed by atoms with Crippen LogP contribution in [0.4, 0.5) is 5.69 Å². The molecule has 144 valence electrons. The maximum Gasteiger partial charge on any atom is 0.242 e. The summed E-state index contributed by atoms with van der Waals surface area (Å²) < 4.78 is 0. The number of aliphatic imine (C=N–C) groups is 1. The standard InChI is InChI=1S/C19H30ClN5O/c1-5-21-18(22-14-17(26)23-19(2,3)4)25-12-10-24(11-13-25)16-9-7-6-8-15(16)20/h6-9H,5,10-14H2,1-4H3,(H,21,22)(H,23,26). The van der Waals surface area contributed by atoms with E-state index in [-0.39, 0.29) is 18.0 Å². The van der Waals surface area contributed by atoms with E-state index >= 15 is 0 Å². The molecule has 1 aliphatic heterocycles. The number of rotatable bonds is 4. The number of anilines is 1. The van der Waals surface area contributed by atoms with Gasteiger partial charge in [0.05, 0.1) is 10.7 Å². The van der Waals surface area contributed by atoms with Crippen molar-refractivity contribution in [3.8, 4) is 0 Å². The summed E-state index contributed by atoms with van der Waals surface area (Å²) in [5, 5.41) is 7.01. The molecule has 0 aromatic heterocycles. The van der Waals surface area contributed by atoms with Crippen molar-refractivity contribution in [2.75, 3.05) is 44.2 Å². The molecule has 0 unspecified atom stereocenters. The number of amides is 1. The molecule has 0 aliphatic carbocycles. The number of carbonyl (C=O) groups is 1. The van der Waals surface area contributed by atoms with Crippen LogP contribution in [0.15, 0.2) is 29.3 Å². The Balaban J connectivity index is 1.96. The van der Waals surface area contributed by atoms with Crippen molar-refractivity contribution in [2.24, 2.45) is 4.99 Å². The van der Waals surface area contributed by atoms with Crippen LogP contribution in [-0.2, 0) is 4.79 Å². The SMILES string of the molecule is CCNC(=NCC(=O)NC(C)(C)C)N1CCN(c2ccccc2Cl)CC1. The summed E-state index contributed by atoms with van der Waals surface area (Å²) in [4.78, 5) is 21.0. The molecule has 0 radical (unpaired) electrons. The number of nitrogens with zero attached hydrogens (tertiary/aromatic N) is 3. The minimum atomic E-state index is -0.245. The largest absolute Gasteiger partial charge is 0.367 e. The minimum Gasteiger partial charge on any atom is -0.367 e. The zero-order chi connectivity index (χ0) is 19.2. The Morgan fingerprint density at radius 2 is 1.85 bits per heavy atom. The van der Waals surface area contributed by atoms with Gasteiger partial charge in [-0.05, 0) is 39.8 Å². The Labute approximate surface area is 161 Å². The molecule has 2 rings (SSSR count). The Kier molecular flexibility index (Phi) is 7.14. The van der Waals surface area contributed by atoms with Gasteiger partial charge in [0.25, 0.3) is 0 Å². The Morgan fingerprint density at radius 1 is 1.19 bits per heavy atom. The fourth-order valence-electron chi connectivity index (χ4n) is 2.90. The first-order valence-electron chi connectivity index (χ1n) is 9.14. The molecule has 0 atom stereocenters. The molecule has 1 saturated heterocycles. The summed E-state index contributed by atoms with van der Waals surface area (Å²) in [6.07, 6.45) is 0. The fraction of sp³-hybridized carbons (Fsp3) is 0.579. The molecule has 26 heavy (non-hydrogen) atoms. The first kappa shape index (κ1) is 20.4. The fourth-order valence-corrected chi connectivity index (χ4v) is 3.15. The average Bonchev–Trinajstić information content (AvgIpc) is 2.58. The zero-order valence-electron chi connectivity index (χ0n) is 16.2. The maximum atomic E-state index is 12.0. The summed E-state index contributed by atoms with van der Waals surface area (Å²) in [7, 11) is 0. The maximum absolute atomic E-state index is 12.0. The van der Waals surface area contributed by atoms with Gasteiger partial charge in [-0.25, -0.2) is 4.99 Å². The number of carbonyl (C=O) groups excluding carboxylic acids is 1. The van der Waals surface area contributed by atoms with E-state index in [0.717, 1.165) is 49.4 Å². The third-order valence-corrected chi connectivity index (χ3v) is 4.31. The molecular formula is C19H30ClN5O. The van der Waals surface area contributed by atoms with Gasteiger partial charge < -0.3 is 20.4 Å². The van der Waals surface area contributed by atoms with Crippen LogP contribution in [0.3, 0.4) is 0 Å². The lowest BCUT2D eigenvalue weighted by Crippen LogP contribution is -2.53. The third kappa shape index (κ3) is 6.09. The van der Waals surface area contributed by atoms with E-state index in [0.29, 0.717) is 0 Å². The Morgan fingerprint density at radius 3 is 2.42 bits per heavy atom. The average molecular weight is 380 g/mol. The lowest BCUT2D eigenvalue weighted by Gasteiger charge is -2.38. The molecular weight excluding hydrogens is 350 g/mol. The second-order valence-electron chi connectivity index (χ2n) is 7.39. The van der Waals surface area contributed by atoms with E-state index in [4.69, 9.17) is 11.6 Å². The number of hydrogen-bond acceptors (Lipinski definition) is 3. The van der Waals surface area contributed by atoms with Crippen LogP contribution in [0.5, 0.6) is 0 Å². The predicted molar refractivity (Wildman–Crippen MR) is 109 cm³/mol. The topological polar surface area (TPSA) is 60.0 Å². The van der Waals surface area contributed by atoms with Crippen molar-refractivity contribution >= 4 is 29.2 Å². The lowest BCUT2D eigenvalue weighted by molar-refractivity contribution is -0.121. The van der Waals surface area contributed by atoms with Crippen molar-refractivity contribution in [3.63, 3.8) is 0 Å². The van der Waals surface area contributed by atoms with E-state index < -0.39 is 0 Å². The first-order chi connectivity index (χ1) is 12.3. The van der Waals surface area contributed by atoms with Crippen molar-refractivity contribution in [3.05, 3.63) is 29.3 Å². The van der Waals surface area contributed by atoms with Gasteiger partial charge in [0.2, 0.25) is 5.91 Å². The summed E-state index contributed by atoms with van der Waals surface area (Å²) >= 11 is 6.31. The van der Waals surface area contributed by atoms with E-state index in [1.807, 2.05) is 52.0 Å². The molecule has 0 saturated carbocycles. The highest BCUT2D eigenvalue weighted by Gasteiger charge is 2.21. The van der Waals surface area contributed by atoms with Crippen LogP contribution >= 0.6 is 11.6 Å². The molecule has 1 aliphatic rings. The number of piperazine rings is 1. The molecule has 7 heteroatoms. The van der Waals surface area contributed by atoms with Crippen LogP contribution < -0.4 is 15.5 Å². The van der Waals surface area contributed by atoms with E-state index in [9.17, 15) is 4.79 Å². The van der Waals surface area contributed by atoms with Gasteiger partial charge in [-0.1, -0.05) is 23.7 Å². The van der Waals surface area contributed by atoms with E-state index in [1.54, 1.807) is 0 Å². The van der Waals surface area contributed by atoms with Gasteiger partial charge in [-0.3, -0.25) is 4.79 Å². The monoisotopic (exact) mass is 379 g/mol. The first-order valence-corrected chi connectivity index (χ1v) is 9.51. The second-order valence-corrected chi connectivity index (χ2v) is 7.80. The number of benzene rings is 1. The van der Waals surface area contributed by atoms with Crippen LogP contribution in [0.1, 0.15) is 27.7 Å². The second kappa shape index (κ2) is 9.12. The molecule has 1 amide bonds. The number of guanidine groups is 1. The van der Waals surface area contributed by atoms with Crippen molar-refractivity contribution in [1.29, 1.82) is 0 Å². The van der Waals surface area contributed by atoms with Gasteiger partial charge in [-0.15, -0.1) is 0 Å². The summed E-state index contributed by atoms with van der Waals surface area (Å²) in [5.41, 5.74) is 0.825. The van der Waals surface area contributed by atoms with Crippen LogP contribution in [-0.4, -0.2) is 61.6 Å². The summed E-state index contributed by atoms with van der Waals surface area (Å²) in [6.45, 7) is 12.2. The number of nitrogens with one attached hydrogen (secondary N) is 2. The number of halogens is 1. The van der Waals surface area contributed by atoms with Crippen LogP contribution in [0.2, 0.25) is 5.02 Å². The third-order valence-electron chi connectivity index (χ3n) is 3.99. The minimum absolute atomic E-state index is 0.0670. The summed E-state index contributed by atoms with van der Waals surface area (Å²) in [6, 6.07) is 7.92. The van der Waals surface area contributed by atoms with Crippen molar-refractivity contribution < 1.29 is 4.79 Å².